The number of nitrogens with zero attached hydrogens (tertiary/aromatic N) is 3. The van der Waals surface area contributed by atoms with Crippen LogP contribution >= 0.6 is 0 Å². The van der Waals surface area contributed by atoms with E-state index in [1.807, 2.05) is 17.0 Å². The highest BCUT2D eigenvalue weighted by molar-refractivity contribution is 5.95. The van der Waals surface area contributed by atoms with Crippen LogP contribution in [0.4, 0.5) is 5.69 Å². The van der Waals surface area contributed by atoms with Gasteiger partial charge < -0.3 is 25.2 Å². The third-order valence-corrected chi connectivity index (χ3v) is 5.96. The second kappa shape index (κ2) is 11.9. The van der Waals surface area contributed by atoms with E-state index in [1.165, 1.54) is 12.8 Å². The number of anilines is 1. The van der Waals surface area contributed by atoms with Crippen LogP contribution < -0.4 is 15.5 Å². The van der Waals surface area contributed by atoms with Gasteiger partial charge in [0, 0.05) is 45.4 Å². The van der Waals surface area contributed by atoms with Gasteiger partial charge in [0.2, 0.25) is 5.91 Å². The van der Waals surface area contributed by atoms with Gasteiger partial charge in [-0.2, -0.15) is 0 Å². The number of ether oxygens (including phenoxy) is 1. The van der Waals surface area contributed by atoms with Crippen molar-refractivity contribution in [2.24, 2.45) is 10.9 Å². The van der Waals surface area contributed by atoms with Crippen molar-refractivity contribution in [1.82, 2.24) is 15.5 Å². The Balaban J connectivity index is 1.46. The normalized spacial score (nSPS) is 18.8. The van der Waals surface area contributed by atoms with Gasteiger partial charge in [-0.05, 0) is 62.9 Å². The number of likely N-dealkylation sites (tertiary alicyclic amines) is 1. The summed E-state index contributed by atoms with van der Waals surface area (Å²) >= 11 is 0. The van der Waals surface area contributed by atoms with Crippen molar-refractivity contribution in [2.75, 3.05) is 57.9 Å². The molecular weight excluding hydrogens is 378 g/mol. The van der Waals surface area contributed by atoms with Gasteiger partial charge >= 0.3 is 0 Å². The van der Waals surface area contributed by atoms with Crippen LogP contribution in [-0.2, 0) is 16.1 Å². The minimum atomic E-state index is 0.226. The van der Waals surface area contributed by atoms with Gasteiger partial charge in [0.05, 0.1) is 13.2 Å². The minimum Gasteiger partial charge on any atom is -0.383 e. The van der Waals surface area contributed by atoms with Crippen molar-refractivity contribution in [3.63, 3.8) is 0 Å². The summed E-state index contributed by atoms with van der Waals surface area (Å²) in [5.41, 5.74) is 2.14. The first-order valence-corrected chi connectivity index (χ1v) is 11.3. The lowest BCUT2D eigenvalue weighted by Gasteiger charge is -2.32. The Kier molecular flexibility index (Phi) is 8.96. The predicted octanol–water partition coefficient (Wildman–Crippen LogP) is 2.23. The zero-order chi connectivity index (χ0) is 21.2. The number of benzene rings is 1. The van der Waals surface area contributed by atoms with Crippen molar-refractivity contribution >= 4 is 17.6 Å². The summed E-state index contributed by atoms with van der Waals surface area (Å²) in [5, 5.41) is 6.87. The van der Waals surface area contributed by atoms with Gasteiger partial charge in [-0.1, -0.05) is 12.1 Å². The predicted molar refractivity (Wildman–Crippen MR) is 122 cm³/mol. The molecule has 0 spiro atoms. The molecule has 0 radical (unpaired) electrons. The molecule has 1 amide bonds. The molecule has 30 heavy (non-hydrogen) atoms. The van der Waals surface area contributed by atoms with Crippen molar-refractivity contribution in [3.05, 3.63) is 29.8 Å². The van der Waals surface area contributed by atoms with E-state index >= 15 is 0 Å². The van der Waals surface area contributed by atoms with Gasteiger partial charge in [-0.15, -0.1) is 0 Å². The number of hydrogen-bond donors (Lipinski definition) is 2. The van der Waals surface area contributed by atoms with Gasteiger partial charge in [-0.25, -0.2) is 4.99 Å². The molecule has 1 aromatic carbocycles. The molecule has 0 unspecified atom stereocenters. The summed E-state index contributed by atoms with van der Waals surface area (Å²) in [4.78, 5) is 21.0. The smallest absolute Gasteiger partial charge is 0.227 e. The second-order valence-electron chi connectivity index (χ2n) is 8.17. The number of piperidine rings is 1. The first-order chi connectivity index (χ1) is 14.7. The number of rotatable bonds is 9. The van der Waals surface area contributed by atoms with Crippen LogP contribution in [0.3, 0.4) is 0 Å². The highest BCUT2D eigenvalue weighted by Gasteiger charge is 2.21. The molecule has 2 fully saturated rings. The average Bonchev–Trinajstić information content (AvgIpc) is 3.21. The standard InChI is InChI=1S/C23H37N5O2/c1-3-24-23(26-18-20-10-13-27(14-11-20)15-16-30-2)25-17-19-6-8-21(9-7-19)28-12-4-5-22(28)29/h6-9,20H,3-5,10-18H2,1-2H3,(H2,24,25,26). The van der Waals surface area contributed by atoms with E-state index in [9.17, 15) is 4.79 Å². The lowest BCUT2D eigenvalue weighted by Crippen LogP contribution is -2.43. The molecule has 3 rings (SSSR count). The van der Waals surface area contributed by atoms with E-state index in [-0.39, 0.29) is 5.91 Å². The van der Waals surface area contributed by atoms with Gasteiger partial charge in [-0.3, -0.25) is 4.79 Å². The molecule has 7 nitrogen and oxygen atoms in total. The fourth-order valence-corrected chi connectivity index (χ4v) is 4.09. The number of aliphatic imine (C=N–C) groups is 1. The van der Waals surface area contributed by atoms with Gasteiger partial charge in [0.1, 0.15) is 0 Å². The zero-order valence-electron chi connectivity index (χ0n) is 18.5. The summed E-state index contributed by atoms with van der Waals surface area (Å²) in [6.07, 6.45) is 4.05. The minimum absolute atomic E-state index is 0.226. The maximum atomic E-state index is 11.9. The Labute approximate surface area is 180 Å². The number of carbonyl (C=O) groups excluding carboxylic acids is 1. The fraction of sp³-hybridized carbons (Fsp3) is 0.652. The molecule has 0 bridgehead atoms. The summed E-state index contributed by atoms with van der Waals surface area (Å²) < 4.78 is 5.18. The van der Waals surface area contributed by atoms with Crippen LogP contribution in [0.1, 0.15) is 38.2 Å². The maximum absolute atomic E-state index is 11.9. The molecule has 0 aromatic heterocycles. The van der Waals surface area contributed by atoms with Crippen molar-refractivity contribution in [3.8, 4) is 0 Å². The zero-order valence-corrected chi connectivity index (χ0v) is 18.5. The number of hydrogen-bond acceptors (Lipinski definition) is 4. The topological polar surface area (TPSA) is 69.2 Å². The van der Waals surface area contributed by atoms with Crippen molar-refractivity contribution in [1.29, 1.82) is 0 Å². The summed E-state index contributed by atoms with van der Waals surface area (Å²) in [6, 6.07) is 8.21. The number of carbonyl (C=O) groups is 1. The van der Waals surface area contributed by atoms with Crippen LogP contribution in [-0.4, -0.2) is 69.8 Å². The molecular formula is C23H37N5O2. The Morgan fingerprint density at radius 3 is 2.57 bits per heavy atom. The van der Waals surface area contributed by atoms with Gasteiger partial charge in [0.25, 0.3) is 0 Å². The van der Waals surface area contributed by atoms with Crippen LogP contribution in [0.25, 0.3) is 0 Å². The van der Waals surface area contributed by atoms with E-state index in [1.54, 1.807) is 7.11 Å². The largest absolute Gasteiger partial charge is 0.383 e. The Morgan fingerprint density at radius 2 is 1.93 bits per heavy atom. The monoisotopic (exact) mass is 415 g/mol. The van der Waals surface area contributed by atoms with Crippen molar-refractivity contribution < 1.29 is 9.53 Å². The van der Waals surface area contributed by atoms with E-state index in [2.05, 4.69) is 34.6 Å². The summed E-state index contributed by atoms with van der Waals surface area (Å²) in [7, 11) is 1.76. The molecule has 2 aliphatic heterocycles. The molecule has 0 atom stereocenters. The van der Waals surface area contributed by atoms with E-state index in [0.29, 0.717) is 18.9 Å². The third-order valence-electron chi connectivity index (χ3n) is 5.96. The molecule has 2 N–H and O–H groups in total. The Bertz CT molecular complexity index is 683. The number of methoxy groups -OCH3 is 1. The summed E-state index contributed by atoms with van der Waals surface area (Å²) in [6.45, 7) is 9.49. The number of guanidine groups is 1. The first kappa shape index (κ1) is 22.6. The second-order valence-corrected chi connectivity index (χ2v) is 8.17. The lowest BCUT2D eigenvalue weighted by molar-refractivity contribution is -0.117. The third kappa shape index (κ3) is 6.71. The quantitative estimate of drug-likeness (QED) is 0.478. The molecule has 0 saturated carbocycles. The Morgan fingerprint density at radius 1 is 1.17 bits per heavy atom. The Hall–Kier alpha value is -2.12. The molecule has 166 valence electrons. The van der Waals surface area contributed by atoms with Crippen LogP contribution in [0.15, 0.2) is 29.3 Å². The molecule has 0 aliphatic carbocycles. The molecule has 2 saturated heterocycles. The number of amides is 1. The molecule has 1 aromatic rings. The highest BCUT2D eigenvalue weighted by Crippen LogP contribution is 2.21. The van der Waals surface area contributed by atoms with Crippen LogP contribution in [0.2, 0.25) is 0 Å². The lowest BCUT2D eigenvalue weighted by atomic mass is 9.97. The maximum Gasteiger partial charge on any atom is 0.227 e. The van der Waals surface area contributed by atoms with E-state index in [4.69, 9.17) is 9.73 Å². The van der Waals surface area contributed by atoms with Gasteiger partial charge in [0.15, 0.2) is 5.96 Å². The SMILES string of the molecule is CCNC(=NCc1ccc(N2CCCC2=O)cc1)NCC1CCN(CCOC)CC1. The highest BCUT2D eigenvalue weighted by atomic mass is 16.5. The summed E-state index contributed by atoms with van der Waals surface area (Å²) in [5.74, 6) is 1.78. The average molecular weight is 416 g/mol. The molecule has 2 aliphatic rings. The van der Waals surface area contributed by atoms with Crippen LogP contribution in [0.5, 0.6) is 0 Å². The molecule has 7 heteroatoms. The molecule has 2 heterocycles. The fourth-order valence-electron chi connectivity index (χ4n) is 4.09. The van der Waals surface area contributed by atoms with Crippen LogP contribution in [0, 0.1) is 5.92 Å². The van der Waals surface area contributed by atoms with E-state index < -0.39 is 0 Å². The first-order valence-electron chi connectivity index (χ1n) is 11.3. The number of nitrogens with one attached hydrogen (secondary N) is 2. The van der Waals surface area contributed by atoms with E-state index in [0.717, 1.165) is 69.5 Å². The van der Waals surface area contributed by atoms with Crippen molar-refractivity contribution in [2.45, 2.75) is 39.2 Å².